The van der Waals surface area contributed by atoms with Crippen molar-refractivity contribution in [2.75, 3.05) is 26.8 Å². The highest BCUT2D eigenvalue weighted by Crippen LogP contribution is 2.28. The molecule has 0 N–H and O–H groups in total. The second kappa shape index (κ2) is 12.5. The van der Waals surface area contributed by atoms with Gasteiger partial charge in [0.25, 0.3) is 0 Å². The minimum absolute atomic E-state index is 0.0677. The first-order valence-electron chi connectivity index (χ1n) is 11.7. The second-order valence-electron chi connectivity index (χ2n) is 8.79. The van der Waals surface area contributed by atoms with E-state index in [4.69, 9.17) is 9.15 Å². The van der Waals surface area contributed by atoms with Crippen molar-refractivity contribution in [1.29, 1.82) is 0 Å². The average molecular weight is 444 g/mol. The zero-order valence-electron chi connectivity index (χ0n) is 19.5. The van der Waals surface area contributed by atoms with Crippen LogP contribution >= 0.6 is 0 Å². The molecule has 2 aromatic heterocycles. The fourth-order valence-corrected chi connectivity index (χ4v) is 4.42. The van der Waals surface area contributed by atoms with Crippen LogP contribution in [0.25, 0.3) is 0 Å². The van der Waals surface area contributed by atoms with Crippen molar-refractivity contribution in [3.63, 3.8) is 0 Å². The van der Waals surface area contributed by atoms with E-state index < -0.39 is 0 Å². The van der Waals surface area contributed by atoms with Crippen molar-refractivity contribution >= 4 is 11.8 Å². The molecular formula is C25H37N3O4. The number of hydrogen-bond acceptors (Lipinski definition) is 4. The first kappa shape index (κ1) is 24.1. The van der Waals surface area contributed by atoms with Gasteiger partial charge in [0.1, 0.15) is 5.76 Å². The molecule has 0 radical (unpaired) electrons. The van der Waals surface area contributed by atoms with Gasteiger partial charge in [-0.3, -0.25) is 9.59 Å². The number of amides is 2. The number of aromatic nitrogens is 1. The molecule has 2 amide bonds. The van der Waals surface area contributed by atoms with E-state index in [9.17, 15) is 9.59 Å². The molecule has 3 rings (SSSR count). The SMILES string of the molecule is COCCCN(CC(=O)N(Cc1ccco1)Cc1cccn1C)C(=O)CCC1CCCC1. The number of nitrogens with zero attached hydrogens (tertiary/aromatic N) is 3. The zero-order chi connectivity index (χ0) is 22.8. The van der Waals surface area contributed by atoms with Crippen molar-refractivity contribution < 1.29 is 18.7 Å². The summed E-state index contributed by atoms with van der Waals surface area (Å²) in [5.41, 5.74) is 1.03. The largest absolute Gasteiger partial charge is 0.467 e. The van der Waals surface area contributed by atoms with Gasteiger partial charge in [0, 0.05) is 45.6 Å². The first-order valence-corrected chi connectivity index (χ1v) is 11.7. The van der Waals surface area contributed by atoms with Crippen LogP contribution in [0.2, 0.25) is 0 Å². The van der Waals surface area contributed by atoms with Gasteiger partial charge in [-0.2, -0.15) is 0 Å². The van der Waals surface area contributed by atoms with Crippen LogP contribution in [-0.2, 0) is 34.5 Å². The summed E-state index contributed by atoms with van der Waals surface area (Å²) in [6.07, 6.45) is 10.7. The fraction of sp³-hybridized carbons (Fsp3) is 0.600. The van der Waals surface area contributed by atoms with E-state index in [1.54, 1.807) is 23.2 Å². The molecular weight excluding hydrogens is 406 g/mol. The van der Waals surface area contributed by atoms with Crippen molar-refractivity contribution in [3.05, 3.63) is 48.2 Å². The van der Waals surface area contributed by atoms with Gasteiger partial charge in [-0.1, -0.05) is 25.7 Å². The predicted molar refractivity (Wildman–Crippen MR) is 123 cm³/mol. The Hall–Kier alpha value is -2.54. The molecule has 32 heavy (non-hydrogen) atoms. The molecule has 176 valence electrons. The fourth-order valence-electron chi connectivity index (χ4n) is 4.42. The summed E-state index contributed by atoms with van der Waals surface area (Å²) in [5.74, 6) is 1.38. The van der Waals surface area contributed by atoms with Gasteiger partial charge in [-0.05, 0) is 43.0 Å². The number of furan rings is 1. The predicted octanol–water partition coefficient (Wildman–Crippen LogP) is 3.98. The highest BCUT2D eigenvalue weighted by molar-refractivity contribution is 5.84. The van der Waals surface area contributed by atoms with E-state index in [0.717, 1.165) is 24.3 Å². The second-order valence-corrected chi connectivity index (χ2v) is 8.79. The van der Waals surface area contributed by atoms with Crippen molar-refractivity contribution in [3.8, 4) is 0 Å². The smallest absolute Gasteiger partial charge is 0.242 e. The maximum Gasteiger partial charge on any atom is 0.242 e. The summed E-state index contributed by atoms with van der Waals surface area (Å²) < 4.78 is 12.7. The summed E-state index contributed by atoms with van der Waals surface area (Å²) >= 11 is 0. The Kier molecular flexibility index (Phi) is 9.41. The number of hydrogen-bond donors (Lipinski definition) is 0. The molecule has 1 aliphatic carbocycles. The summed E-state index contributed by atoms with van der Waals surface area (Å²) in [5, 5.41) is 0. The van der Waals surface area contributed by atoms with Gasteiger partial charge in [0.15, 0.2) is 0 Å². The van der Waals surface area contributed by atoms with Crippen LogP contribution < -0.4 is 0 Å². The minimum Gasteiger partial charge on any atom is -0.467 e. The van der Waals surface area contributed by atoms with Crippen LogP contribution in [0.1, 0.15) is 56.4 Å². The van der Waals surface area contributed by atoms with Gasteiger partial charge in [0.2, 0.25) is 11.8 Å². The lowest BCUT2D eigenvalue weighted by Crippen LogP contribution is -2.43. The van der Waals surface area contributed by atoms with E-state index in [2.05, 4.69) is 0 Å². The van der Waals surface area contributed by atoms with Crippen molar-refractivity contribution in [2.24, 2.45) is 13.0 Å². The monoisotopic (exact) mass is 443 g/mol. The molecule has 0 atom stereocenters. The Morgan fingerprint density at radius 3 is 2.59 bits per heavy atom. The molecule has 0 aromatic carbocycles. The number of carbonyl (C=O) groups excluding carboxylic acids is 2. The van der Waals surface area contributed by atoms with Crippen molar-refractivity contribution in [1.82, 2.24) is 14.4 Å². The molecule has 7 nitrogen and oxygen atoms in total. The number of rotatable bonds is 13. The van der Waals surface area contributed by atoms with Gasteiger partial charge < -0.3 is 23.5 Å². The van der Waals surface area contributed by atoms with Crippen LogP contribution in [0, 0.1) is 5.92 Å². The highest BCUT2D eigenvalue weighted by atomic mass is 16.5. The molecule has 2 aromatic rings. The molecule has 0 spiro atoms. The molecule has 0 aliphatic heterocycles. The van der Waals surface area contributed by atoms with Crippen LogP contribution in [0.4, 0.5) is 0 Å². The average Bonchev–Trinajstić information content (AvgIpc) is 3.55. The van der Waals surface area contributed by atoms with Crippen LogP contribution in [0.15, 0.2) is 41.1 Å². The number of aryl methyl sites for hydroxylation is 1. The number of methoxy groups -OCH3 is 1. The zero-order valence-corrected chi connectivity index (χ0v) is 19.5. The lowest BCUT2D eigenvalue weighted by atomic mass is 10.0. The van der Waals surface area contributed by atoms with Gasteiger partial charge >= 0.3 is 0 Å². The Balaban J connectivity index is 1.65. The van der Waals surface area contributed by atoms with Gasteiger partial charge in [0.05, 0.1) is 25.9 Å². The molecule has 7 heteroatoms. The van der Waals surface area contributed by atoms with E-state index >= 15 is 0 Å². The normalized spacial score (nSPS) is 14.1. The molecule has 2 heterocycles. The van der Waals surface area contributed by atoms with Gasteiger partial charge in [-0.15, -0.1) is 0 Å². The third-order valence-corrected chi connectivity index (χ3v) is 6.38. The van der Waals surface area contributed by atoms with E-state index in [1.807, 2.05) is 42.1 Å². The maximum atomic E-state index is 13.4. The first-order chi connectivity index (χ1) is 15.6. The molecule has 0 bridgehead atoms. The summed E-state index contributed by atoms with van der Waals surface area (Å²) in [4.78, 5) is 29.9. The lowest BCUT2D eigenvalue weighted by molar-refractivity contribution is -0.141. The molecule has 0 saturated heterocycles. The van der Waals surface area contributed by atoms with Crippen LogP contribution in [-0.4, -0.2) is 53.0 Å². The Bertz CT molecular complexity index is 824. The Labute approximate surface area is 191 Å². The Morgan fingerprint density at radius 2 is 1.94 bits per heavy atom. The Morgan fingerprint density at radius 1 is 1.12 bits per heavy atom. The molecule has 1 saturated carbocycles. The standard InChI is InChI=1S/C25H37N3O4/c1-26-14-5-10-22(26)18-28(19-23-11-6-17-32-23)25(30)20-27(15-7-16-31-2)24(29)13-12-21-8-3-4-9-21/h5-6,10-11,14,17,21H,3-4,7-9,12-13,15-16,18-20H2,1-2H3. The van der Waals surface area contributed by atoms with E-state index in [-0.39, 0.29) is 18.4 Å². The lowest BCUT2D eigenvalue weighted by Gasteiger charge is -2.28. The summed E-state index contributed by atoms with van der Waals surface area (Å²) in [6, 6.07) is 7.67. The molecule has 0 unspecified atom stereocenters. The van der Waals surface area contributed by atoms with Crippen molar-refractivity contribution in [2.45, 2.75) is 58.0 Å². The number of carbonyl (C=O) groups is 2. The third-order valence-electron chi connectivity index (χ3n) is 6.38. The van der Waals surface area contributed by atoms with Crippen LogP contribution in [0.5, 0.6) is 0 Å². The third kappa shape index (κ3) is 7.26. The maximum absolute atomic E-state index is 13.4. The topological polar surface area (TPSA) is 67.9 Å². The van der Waals surface area contributed by atoms with Gasteiger partial charge in [-0.25, -0.2) is 0 Å². The van der Waals surface area contributed by atoms with Crippen LogP contribution in [0.3, 0.4) is 0 Å². The summed E-state index contributed by atoms with van der Waals surface area (Å²) in [6.45, 7) is 2.02. The quantitative estimate of drug-likeness (QED) is 0.439. The highest BCUT2D eigenvalue weighted by Gasteiger charge is 2.24. The molecule has 1 aliphatic rings. The number of ether oxygens (including phenoxy) is 1. The molecule has 1 fully saturated rings. The van der Waals surface area contributed by atoms with E-state index in [1.165, 1.54) is 25.7 Å². The summed E-state index contributed by atoms with van der Waals surface area (Å²) in [7, 11) is 3.62. The minimum atomic E-state index is -0.0748. The van der Waals surface area contributed by atoms with E-state index in [0.29, 0.717) is 38.6 Å².